The van der Waals surface area contributed by atoms with E-state index < -0.39 is 6.09 Å². The van der Waals surface area contributed by atoms with Gasteiger partial charge in [0.05, 0.1) is 31.5 Å². The summed E-state index contributed by atoms with van der Waals surface area (Å²) in [6.07, 6.45) is -0.640. The molecule has 2 aromatic rings. The van der Waals surface area contributed by atoms with Crippen molar-refractivity contribution >= 4 is 52.3 Å². The summed E-state index contributed by atoms with van der Waals surface area (Å²) < 4.78 is 14.9. The fourth-order valence-corrected chi connectivity index (χ4v) is 2.46. The van der Waals surface area contributed by atoms with Crippen molar-refractivity contribution in [1.29, 1.82) is 0 Å². The zero-order chi connectivity index (χ0) is 24.1. The molecule has 0 saturated carbocycles. The molecular formula is C21H27ClN4O6. The lowest BCUT2D eigenvalue weighted by Crippen LogP contribution is -2.16. The van der Waals surface area contributed by atoms with Crippen molar-refractivity contribution in [1.82, 2.24) is 0 Å². The lowest BCUT2D eigenvalue weighted by Gasteiger charge is -2.12. The van der Waals surface area contributed by atoms with Crippen molar-refractivity contribution in [3.63, 3.8) is 0 Å². The van der Waals surface area contributed by atoms with Crippen molar-refractivity contribution in [3.8, 4) is 11.5 Å². The van der Waals surface area contributed by atoms with Crippen LogP contribution in [0, 0.1) is 0 Å². The third-order valence-electron chi connectivity index (χ3n) is 3.62. The molecule has 0 heterocycles. The highest BCUT2D eigenvalue weighted by Crippen LogP contribution is 2.28. The summed E-state index contributed by atoms with van der Waals surface area (Å²) in [4.78, 5) is 33.1. The Bertz CT molecular complexity index is 939. The highest BCUT2D eigenvalue weighted by molar-refractivity contribution is 6.18. The van der Waals surface area contributed by atoms with Gasteiger partial charge in [0.2, 0.25) is 11.8 Å². The Balaban J connectivity index is 0.000000343. The lowest BCUT2D eigenvalue weighted by atomic mass is 10.2. The molecular weight excluding hydrogens is 440 g/mol. The fraction of sp³-hybridized carbons (Fsp3) is 0.286. The number of halogens is 1. The molecule has 0 saturated heterocycles. The normalized spacial score (nSPS) is 9.53. The summed E-state index contributed by atoms with van der Waals surface area (Å²) in [5.74, 6) is 0.952. The minimum atomic E-state index is -0.640. The highest BCUT2D eigenvalue weighted by Gasteiger charge is 2.10. The van der Waals surface area contributed by atoms with Crippen LogP contribution in [-0.4, -0.2) is 44.6 Å². The molecule has 0 bridgehead atoms. The van der Waals surface area contributed by atoms with E-state index in [-0.39, 0.29) is 24.3 Å². The number of carbonyl (C=O) groups is 3. The number of nitrogens with two attached hydrogens (primary N) is 1. The minimum absolute atomic E-state index is 0.112. The monoisotopic (exact) mass is 466 g/mol. The lowest BCUT2D eigenvalue weighted by molar-refractivity contribution is -0.115. The summed E-state index contributed by atoms with van der Waals surface area (Å²) in [6, 6.07) is 9.96. The maximum Gasteiger partial charge on any atom is 0.411 e. The molecule has 2 rings (SSSR count). The van der Waals surface area contributed by atoms with E-state index in [1.807, 2.05) is 0 Å². The first-order valence-corrected chi connectivity index (χ1v) is 9.90. The number of ether oxygens (including phenoxy) is 3. The smallest absolute Gasteiger partial charge is 0.411 e. The number of benzene rings is 2. The number of anilines is 4. The maximum absolute atomic E-state index is 11.4. The van der Waals surface area contributed by atoms with E-state index in [1.165, 1.54) is 21.0 Å². The number of nitrogen functional groups attached to an aromatic ring is 1. The van der Waals surface area contributed by atoms with Crippen LogP contribution < -0.4 is 31.2 Å². The molecule has 5 N–H and O–H groups in total. The van der Waals surface area contributed by atoms with E-state index >= 15 is 0 Å². The third kappa shape index (κ3) is 9.43. The van der Waals surface area contributed by atoms with E-state index in [9.17, 15) is 14.4 Å². The first-order chi connectivity index (χ1) is 15.2. The molecule has 0 aliphatic carbocycles. The van der Waals surface area contributed by atoms with Gasteiger partial charge in [0.15, 0.2) is 0 Å². The van der Waals surface area contributed by atoms with Gasteiger partial charge < -0.3 is 30.6 Å². The molecule has 0 fully saturated rings. The minimum Gasteiger partial charge on any atom is -0.495 e. The molecule has 0 atom stereocenters. The number of nitrogens with one attached hydrogen (secondary N) is 3. The second-order valence-electron chi connectivity index (χ2n) is 6.18. The van der Waals surface area contributed by atoms with Crippen LogP contribution in [0.2, 0.25) is 0 Å². The molecule has 174 valence electrons. The summed E-state index contributed by atoms with van der Waals surface area (Å²) in [6.45, 7) is 2.95. The average molecular weight is 467 g/mol. The number of methoxy groups -OCH3 is 2. The van der Waals surface area contributed by atoms with Gasteiger partial charge in [-0.25, -0.2) is 4.79 Å². The van der Waals surface area contributed by atoms with Crippen LogP contribution in [0.25, 0.3) is 0 Å². The van der Waals surface area contributed by atoms with E-state index in [2.05, 4.69) is 16.0 Å². The molecule has 0 unspecified atom stereocenters. The topological polar surface area (TPSA) is 141 Å². The van der Waals surface area contributed by atoms with Crippen LogP contribution in [0.1, 0.15) is 13.8 Å². The largest absolute Gasteiger partial charge is 0.495 e. The van der Waals surface area contributed by atoms with Crippen LogP contribution in [-0.2, 0) is 14.3 Å². The molecule has 32 heavy (non-hydrogen) atoms. The van der Waals surface area contributed by atoms with E-state index in [0.29, 0.717) is 34.2 Å². The second kappa shape index (κ2) is 13.6. The summed E-state index contributed by atoms with van der Waals surface area (Å²) in [5, 5.41) is 7.74. The maximum atomic E-state index is 11.4. The van der Waals surface area contributed by atoms with Crippen molar-refractivity contribution in [3.05, 3.63) is 36.4 Å². The molecule has 11 heteroatoms. The second-order valence-corrected chi connectivity index (χ2v) is 6.56. The van der Waals surface area contributed by atoms with Crippen molar-refractivity contribution < 1.29 is 28.6 Å². The molecule has 0 radical (unpaired) electrons. The van der Waals surface area contributed by atoms with Crippen LogP contribution in [0.5, 0.6) is 11.5 Å². The summed E-state index contributed by atoms with van der Waals surface area (Å²) >= 11 is 5.41. The zero-order valence-corrected chi connectivity index (χ0v) is 19.0. The van der Waals surface area contributed by atoms with Gasteiger partial charge >= 0.3 is 6.09 Å². The van der Waals surface area contributed by atoms with Gasteiger partial charge in [0.1, 0.15) is 18.1 Å². The Morgan fingerprint density at radius 3 is 1.88 bits per heavy atom. The standard InChI is InChI=1S/C12H15ClN2O4.C9H12N2O2/c1-8(16)14-9-3-4-11(18-2)10(7-9)15-12(17)19-6-5-13;1-6(12)11-7-3-4-9(13-2)8(10)5-7/h3-4,7H,5-6H2,1-2H3,(H,14,16)(H,15,17);3-5H,10H2,1-2H3,(H,11,12). The molecule has 0 aliphatic rings. The van der Waals surface area contributed by atoms with Crippen molar-refractivity contribution in [2.24, 2.45) is 0 Å². The van der Waals surface area contributed by atoms with Crippen LogP contribution in [0.3, 0.4) is 0 Å². The number of hydrogen-bond donors (Lipinski definition) is 4. The predicted molar refractivity (Wildman–Crippen MR) is 125 cm³/mol. The van der Waals surface area contributed by atoms with Gasteiger partial charge in [-0.05, 0) is 36.4 Å². The Labute approximate surface area is 191 Å². The number of amides is 3. The fourth-order valence-electron chi connectivity index (χ4n) is 2.38. The van der Waals surface area contributed by atoms with Crippen molar-refractivity contribution in [2.75, 3.05) is 48.4 Å². The number of rotatable bonds is 7. The van der Waals surface area contributed by atoms with Gasteiger partial charge in [-0.1, -0.05) is 0 Å². The number of hydrogen-bond acceptors (Lipinski definition) is 7. The highest BCUT2D eigenvalue weighted by atomic mass is 35.5. The Morgan fingerprint density at radius 1 is 0.875 bits per heavy atom. The quantitative estimate of drug-likeness (QED) is 0.360. The summed E-state index contributed by atoms with van der Waals surface area (Å²) in [7, 11) is 3.02. The first-order valence-electron chi connectivity index (χ1n) is 9.36. The van der Waals surface area contributed by atoms with Crippen LogP contribution in [0.4, 0.5) is 27.5 Å². The molecule has 3 amide bonds. The van der Waals surface area contributed by atoms with Crippen molar-refractivity contribution in [2.45, 2.75) is 13.8 Å². The molecule has 10 nitrogen and oxygen atoms in total. The van der Waals surface area contributed by atoms with Gasteiger partial charge in [0, 0.05) is 25.2 Å². The Hall–Kier alpha value is -3.66. The zero-order valence-electron chi connectivity index (χ0n) is 18.3. The first kappa shape index (κ1) is 26.4. The van der Waals surface area contributed by atoms with Gasteiger partial charge in [-0.15, -0.1) is 11.6 Å². The van der Waals surface area contributed by atoms with Gasteiger partial charge in [-0.2, -0.15) is 0 Å². The van der Waals surface area contributed by atoms with Crippen LogP contribution in [0.15, 0.2) is 36.4 Å². The molecule has 0 spiro atoms. The Morgan fingerprint density at radius 2 is 1.41 bits per heavy atom. The molecule has 0 aliphatic heterocycles. The Kier molecular flexibility index (Phi) is 11.2. The average Bonchev–Trinajstić information content (AvgIpc) is 2.72. The molecule has 2 aromatic carbocycles. The SMILES string of the molecule is COc1ccc(NC(C)=O)cc1N.COc1ccc(NC(C)=O)cc1NC(=O)OCCCl. The number of carbonyl (C=O) groups excluding carboxylic acids is 3. The van der Waals surface area contributed by atoms with E-state index in [1.54, 1.807) is 43.5 Å². The third-order valence-corrected chi connectivity index (χ3v) is 3.77. The predicted octanol–water partition coefficient (Wildman–Crippen LogP) is 3.68. The molecule has 0 aromatic heterocycles. The van der Waals surface area contributed by atoms with Gasteiger partial charge in [0.25, 0.3) is 0 Å². The van der Waals surface area contributed by atoms with E-state index in [0.717, 1.165) is 0 Å². The van der Waals surface area contributed by atoms with Crippen LogP contribution >= 0.6 is 11.6 Å². The van der Waals surface area contributed by atoms with E-state index in [4.69, 9.17) is 31.5 Å². The van der Waals surface area contributed by atoms with Gasteiger partial charge in [-0.3, -0.25) is 14.9 Å². The number of alkyl halides is 1. The summed E-state index contributed by atoms with van der Waals surface area (Å²) in [5.41, 5.74) is 7.75.